The van der Waals surface area contributed by atoms with E-state index in [4.69, 9.17) is 33.7 Å². The molecule has 2 aromatic rings. The van der Waals surface area contributed by atoms with E-state index in [2.05, 4.69) is 0 Å². The Bertz CT molecular complexity index is 921. The summed E-state index contributed by atoms with van der Waals surface area (Å²) in [5.41, 5.74) is 7.27. The van der Waals surface area contributed by atoms with Crippen molar-refractivity contribution in [1.29, 1.82) is 5.26 Å². The number of benzene rings is 2. The molecule has 2 N–H and O–H groups in total. The first kappa shape index (κ1) is 16.1. The van der Waals surface area contributed by atoms with Crippen LogP contribution in [0.2, 0.25) is 10.0 Å². The number of Topliss-reactive ketones (excluding diaryl/α,β-unsaturated/α-hetero) is 1. The Morgan fingerprint density at radius 3 is 2.08 bits per heavy atom. The number of ketones is 1. The first-order chi connectivity index (χ1) is 11.5. The second-order valence-corrected chi connectivity index (χ2v) is 5.87. The van der Waals surface area contributed by atoms with Gasteiger partial charge in [-0.15, -0.1) is 0 Å². The van der Waals surface area contributed by atoms with Crippen LogP contribution in [0.15, 0.2) is 60.2 Å². The van der Waals surface area contributed by atoms with Gasteiger partial charge in [-0.3, -0.25) is 4.79 Å². The van der Waals surface area contributed by atoms with Crippen LogP contribution in [0.25, 0.3) is 11.1 Å². The summed E-state index contributed by atoms with van der Waals surface area (Å²) in [5, 5.41) is 10.5. The third-order valence-electron chi connectivity index (χ3n) is 3.50. The standard InChI is InChI=1S/C18H10Cl2N2O2/c19-12-5-1-10(2-6-12)14(9-21)17-16(23)15(18(22)24-17)11-3-7-13(20)8-4-11/h1-8H,22H2. The number of halogens is 2. The summed E-state index contributed by atoms with van der Waals surface area (Å²) in [7, 11) is 0. The van der Waals surface area contributed by atoms with Gasteiger partial charge in [-0.2, -0.15) is 5.26 Å². The van der Waals surface area contributed by atoms with Crippen molar-refractivity contribution in [3.05, 3.63) is 81.3 Å². The van der Waals surface area contributed by atoms with Gasteiger partial charge in [0.25, 0.3) is 0 Å². The van der Waals surface area contributed by atoms with Crippen LogP contribution < -0.4 is 5.73 Å². The van der Waals surface area contributed by atoms with Gasteiger partial charge in [0.2, 0.25) is 11.7 Å². The van der Waals surface area contributed by atoms with Crippen LogP contribution in [0, 0.1) is 11.3 Å². The highest BCUT2D eigenvalue weighted by molar-refractivity contribution is 6.33. The molecule has 6 heteroatoms. The predicted molar refractivity (Wildman–Crippen MR) is 92.6 cm³/mol. The number of allylic oxidation sites excluding steroid dienone is 2. The van der Waals surface area contributed by atoms with Gasteiger partial charge in [-0.1, -0.05) is 47.5 Å². The smallest absolute Gasteiger partial charge is 0.235 e. The zero-order valence-corrected chi connectivity index (χ0v) is 13.7. The molecule has 0 saturated carbocycles. The average Bonchev–Trinajstić information content (AvgIpc) is 2.86. The number of nitriles is 1. The summed E-state index contributed by atoms with van der Waals surface area (Å²) in [6.07, 6.45) is 0. The number of ether oxygens (including phenoxy) is 1. The van der Waals surface area contributed by atoms with Crippen LogP contribution in [-0.2, 0) is 9.53 Å². The maximum Gasteiger partial charge on any atom is 0.235 e. The summed E-state index contributed by atoms with van der Waals surface area (Å²) < 4.78 is 5.41. The Kier molecular flexibility index (Phi) is 4.30. The van der Waals surface area contributed by atoms with E-state index < -0.39 is 5.78 Å². The van der Waals surface area contributed by atoms with E-state index >= 15 is 0 Å². The summed E-state index contributed by atoms with van der Waals surface area (Å²) in [6.45, 7) is 0. The number of carbonyl (C=O) groups is 1. The first-order valence-corrected chi connectivity index (χ1v) is 7.65. The Balaban J connectivity index is 2.06. The molecule has 24 heavy (non-hydrogen) atoms. The molecule has 0 aromatic heterocycles. The van der Waals surface area contributed by atoms with E-state index in [-0.39, 0.29) is 22.8 Å². The Morgan fingerprint density at radius 1 is 1.00 bits per heavy atom. The van der Waals surface area contributed by atoms with Gasteiger partial charge in [0.05, 0.1) is 5.57 Å². The normalized spacial score (nSPS) is 16.0. The number of carbonyl (C=O) groups excluding carboxylic acids is 1. The molecule has 118 valence electrons. The highest BCUT2D eigenvalue weighted by Gasteiger charge is 2.33. The summed E-state index contributed by atoms with van der Waals surface area (Å²) in [6, 6.07) is 15.2. The van der Waals surface area contributed by atoms with E-state index in [1.165, 1.54) is 0 Å². The summed E-state index contributed by atoms with van der Waals surface area (Å²) in [5.74, 6) is -0.581. The zero-order chi connectivity index (χ0) is 17.3. The number of rotatable bonds is 2. The lowest BCUT2D eigenvalue weighted by Gasteiger charge is -2.04. The fraction of sp³-hybridized carbons (Fsp3) is 0. The SMILES string of the molecule is N#CC(=C1OC(N)=C(c2ccc(Cl)cc2)C1=O)c1ccc(Cl)cc1. The molecule has 0 saturated heterocycles. The lowest BCUT2D eigenvalue weighted by atomic mass is 9.98. The molecule has 1 aliphatic rings. The van der Waals surface area contributed by atoms with Crippen molar-refractivity contribution < 1.29 is 9.53 Å². The number of nitrogens with two attached hydrogens (primary N) is 1. The number of hydrogen-bond donors (Lipinski definition) is 1. The van der Waals surface area contributed by atoms with Gasteiger partial charge < -0.3 is 10.5 Å². The van der Waals surface area contributed by atoms with Crippen LogP contribution in [0.5, 0.6) is 0 Å². The molecule has 0 unspecified atom stereocenters. The molecular formula is C18H10Cl2N2O2. The van der Waals surface area contributed by atoms with Crippen molar-refractivity contribution in [2.24, 2.45) is 5.73 Å². The fourth-order valence-electron chi connectivity index (χ4n) is 2.35. The number of hydrogen-bond acceptors (Lipinski definition) is 4. The Labute approximate surface area is 148 Å². The summed E-state index contributed by atoms with van der Waals surface area (Å²) >= 11 is 11.7. The van der Waals surface area contributed by atoms with Crippen molar-refractivity contribution >= 4 is 40.1 Å². The van der Waals surface area contributed by atoms with Crippen LogP contribution in [-0.4, -0.2) is 5.78 Å². The quantitative estimate of drug-likeness (QED) is 0.647. The van der Waals surface area contributed by atoms with E-state index in [1.54, 1.807) is 48.5 Å². The van der Waals surface area contributed by atoms with Gasteiger partial charge in [0.1, 0.15) is 11.6 Å². The summed E-state index contributed by atoms with van der Waals surface area (Å²) in [4.78, 5) is 12.7. The molecule has 0 amide bonds. The molecule has 0 aliphatic carbocycles. The molecule has 0 radical (unpaired) electrons. The number of nitrogens with zero attached hydrogens (tertiary/aromatic N) is 1. The van der Waals surface area contributed by atoms with E-state index in [9.17, 15) is 10.1 Å². The molecule has 0 bridgehead atoms. The van der Waals surface area contributed by atoms with Crippen LogP contribution in [0.3, 0.4) is 0 Å². The van der Waals surface area contributed by atoms with Gasteiger partial charge in [0, 0.05) is 10.0 Å². The van der Waals surface area contributed by atoms with E-state index in [1.807, 2.05) is 6.07 Å². The highest BCUT2D eigenvalue weighted by Crippen LogP contribution is 2.34. The minimum atomic E-state index is -0.443. The van der Waals surface area contributed by atoms with Gasteiger partial charge in [0.15, 0.2) is 5.76 Å². The van der Waals surface area contributed by atoms with Crippen LogP contribution in [0.4, 0.5) is 0 Å². The van der Waals surface area contributed by atoms with Crippen molar-refractivity contribution in [1.82, 2.24) is 0 Å². The maximum absolute atomic E-state index is 12.7. The topological polar surface area (TPSA) is 76.1 Å². The molecule has 4 nitrogen and oxygen atoms in total. The van der Waals surface area contributed by atoms with E-state index in [0.717, 1.165) is 0 Å². The van der Waals surface area contributed by atoms with Gasteiger partial charge >= 0.3 is 0 Å². The predicted octanol–water partition coefficient (Wildman–Crippen LogP) is 4.15. The second kappa shape index (κ2) is 6.40. The van der Waals surface area contributed by atoms with Gasteiger partial charge in [-0.25, -0.2) is 0 Å². The third-order valence-corrected chi connectivity index (χ3v) is 4.00. The maximum atomic E-state index is 12.7. The highest BCUT2D eigenvalue weighted by atomic mass is 35.5. The second-order valence-electron chi connectivity index (χ2n) is 5.00. The molecule has 0 atom stereocenters. The molecule has 3 rings (SSSR count). The zero-order valence-electron chi connectivity index (χ0n) is 12.2. The van der Waals surface area contributed by atoms with Gasteiger partial charge in [-0.05, 0) is 35.4 Å². The van der Waals surface area contributed by atoms with Crippen LogP contribution >= 0.6 is 23.2 Å². The molecule has 2 aromatic carbocycles. The largest absolute Gasteiger partial charge is 0.435 e. The van der Waals surface area contributed by atoms with Crippen molar-refractivity contribution in [2.45, 2.75) is 0 Å². The lowest BCUT2D eigenvalue weighted by Crippen LogP contribution is -2.02. The monoisotopic (exact) mass is 356 g/mol. The van der Waals surface area contributed by atoms with E-state index in [0.29, 0.717) is 21.2 Å². The molecule has 0 fully saturated rings. The Hall–Kier alpha value is -2.74. The molecule has 1 heterocycles. The minimum absolute atomic E-state index is 0.0426. The van der Waals surface area contributed by atoms with Crippen molar-refractivity contribution in [3.63, 3.8) is 0 Å². The molecular weight excluding hydrogens is 347 g/mol. The average molecular weight is 357 g/mol. The molecule has 0 spiro atoms. The first-order valence-electron chi connectivity index (χ1n) is 6.90. The fourth-order valence-corrected chi connectivity index (χ4v) is 2.60. The van der Waals surface area contributed by atoms with Crippen molar-refractivity contribution in [3.8, 4) is 6.07 Å². The van der Waals surface area contributed by atoms with Crippen LogP contribution in [0.1, 0.15) is 11.1 Å². The third kappa shape index (κ3) is 2.88. The minimum Gasteiger partial charge on any atom is -0.435 e. The Morgan fingerprint density at radius 2 is 1.54 bits per heavy atom. The molecule has 1 aliphatic heterocycles. The lowest BCUT2D eigenvalue weighted by molar-refractivity contribution is -0.111. The van der Waals surface area contributed by atoms with Crippen molar-refractivity contribution in [2.75, 3.05) is 0 Å².